The molecule has 0 atom stereocenters. The zero-order valence-electron chi connectivity index (χ0n) is 15.1. The molecule has 1 amide bonds. The molecule has 0 N–H and O–H groups in total. The Labute approximate surface area is 143 Å². The van der Waals surface area contributed by atoms with E-state index in [4.69, 9.17) is 0 Å². The van der Waals surface area contributed by atoms with Crippen LogP contribution in [0.1, 0.15) is 37.0 Å². The lowest BCUT2D eigenvalue weighted by Gasteiger charge is -2.35. The van der Waals surface area contributed by atoms with E-state index < -0.39 is 0 Å². The van der Waals surface area contributed by atoms with Crippen LogP contribution in [-0.4, -0.2) is 63.5 Å². The van der Waals surface area contributed by atoms with Crippen molar-refractivity contribution in [1.82, 2.24) is 24.3 Å². The Hall–Kier alpha value is -1.95. The second-order valence-corrected chi connectivity index (χ2v) is 7.31. The first-order valence-corrected chi connectivity index (χ1v) is 8.72. The van der Waals surface area contributed by atoms with Crippen molar-refractivity contribution in [2.75, 3.05) is 27.2 Å². The van der Waals surface area contributed by atoms with Gasteiger partial charge in [-0.2, -0.15) is 0 Å². The molecule has 1 aliphatic rings. The molecule has 0 aliphatic carbocycles. The molecule has 1 aliphatic heterocycles. The highest BCUT2D eigenvalue weighted by atomic mass is 16.2. The molecule has 1 saturated heterocycles. The fraction of sp³-hybridized carbons (Fsp3) is 0.611. The summed E-state index contributed by atoms with van der Waals surface area (Å²) in [6.45, 7) is 7.30. The number of nitrogens with zero attached hydrogens (tertiary/aromatic N) is 5. The zero-order valence-corrected chi connectivity index (χ0v) is 15.1. The zero-order chi connectivity index (χ0) is 17.3. The van der Waals surface area contributed by atoms with Crippen molar-refractivity contribution in [2.24, 2.45) is 5.92 Å². The van der Waals surface area contributed by atoms with Crippen molar-refractivity contribution >= 4 is 17.1 Å². The smallest absolute Gasteiger partial charge is 0.255 e. The predicted octanol–water partition coefficient (Wildman–Crippen LogP) is 2.25. The van der Waals surface area contributed by atoms with E-state index in [1.165, 1.54) is 0 Å². The van der Waals surface area contributed by atoms with Gasteiger partial charge in [0.25, 0.3) is 5.91 Å². The van der Waals surface area contributed by atoms with Gasteiger partial charge in [-0.15, -0.1) is 0 Å². The molecular weight excluding hydrogens is 302 g/mol. The Morgan fingerprint density at radius 2 is 2.04 bits per heavy atom. The largest absolute Gasteiger partial charge is 0.339 e. The summed E-state index contributed by atoms with van der Waals surface area (Å²) >= 11 is 0. The first-order chi connectivity index (χ1) is 11.5. The Morgan fingerprint density at radius 1 is 1.33 bits per heavy atom. The molecule has 130 valence electrons. The summed E-state index contributed by atoms with van der Waals surface area (Å²) in [5, 5.41) is 0. The maximum Gasteiger partial charge on any atom is 0.255 e. The summed E-state index contributed by atoms with van der Waals surface area (Å²) in [6, 6.07) is 2.18. The summed E-state index contributed by atoms with van der Waals surface area (Å²) in [6.07, 6.45) is 5.55. The SMILES string of the molecule is CC(C)Cn1cnc2cc(C(=O)N(C)C3CCN(C)CC3)cnc21. The molecule has 24 heavy (non-hydrogen) atoms. The normalized spacial score (nSPS) is 16.9. The second kappa shape index (κ2) is 6.89. The average molecular weight is 329 g/mol. The highest BCUT2D eigenvalue weighted by molar-refractivity contribution is 5.96. The van der Waals surface area contributed by atoms with Gasteiger partial charge in [0, 0.05) is 25.8 Å². The number of hydrogen-bond donors (Lipinski definition) is 0. The number of imidazole rings is 1. The van der Waals surface area contributed by atoms with Gasteiger partial charge in [0.05, 0.1) is 11.9 Å². The fourth-order valence-corrected chi connectivity index (χ4v) is 3.34. The van der Waals surface area contributed by atoms with Gasteiger partial charge in [-0.3, -0.25) is 4.79 Å². The highest BCUT2D eigenvalue weighted by Crippen LogP contribution is 2.19. The van der Waals surface area contributed by atoms with Crippen molar-refractivity contribution < 1.29 is 4.79 Å². The molecule has 2 aromatic rings. The molecule has 0 unspecified atom stereocenters. The molecule has 3 rings (SSSR count). The first-order valence-electron chi connectivity index (χ1n) is 8.72. The van der Waals surface area contributed by atoms with Crippen molar-refractivity contribution in [3.8, 4) is 0 Å². The van der Waals surface area contributed by atoms with Gasteiger partial charge in [-0.1, -0.05) is 13.8 Å². The van der Waals surface area contributed by atoms with Crippen LogP contribution in [0.3, 0.4) is 0 Å². The van der Waals surface area contributed by atoms with E-state index in [1.54, 1.807) is 6.20 Å². The Balaban J connectivity index is 1.77. The molecule has 6 nitrogen and oxygen atoms in total. The lowest BCUT2D eigenvalue weighted by atomic mass is 10.0. The van der Waals surface area contributed by atoms with Crippen LogP contribution < -0.4 is 0 Å². The minimum absolute atomic E-state index is 0.0392. The average Bonchev–Trinajstić information content (AvgIpc) is 2.96. The molecule has 1 fully saturated rings. The van der Waals surface area contributed by atoms with Gasteiger partial charge in [-0.25, -0.2) is 9.97 Å². The molecule has 0 radical (unpaired) electrons. The van der Waals surface area contributed by atoms with Crippen LogP contribution >= 0.6 is 0 Å². The Morgan fingerprint density at radius 3 is 2.71 bits per heavy atom. The third kappa shape index (κ3) is 3.43. The summed E-state index contributed by atoms with van der Waals surface area (Å²) in [5.74, 6) is 0.568. The summed E-state index contributed by atoms with van der Waals surface area (Å²) < 4.78 is 2.05. The van der Waals surface area contributed by atoms with Gasteiger partial charge in [0.1, 0.15) is 5.52 Å². The van der Waals surface area contributed by atoms with E-state index in [9.17, 15) is 4.79 Å². The lowest BCUT2D eigenvalue weighted by molar-refractivity contribution is 0.0659. The van der Waals surface area contributed by atoms with E-state index >= 15 is 0 Å². The monoisotopic (exact) mass is 329 g/mol. The van der Waals surface area contributed by atoms with Gasteiger partial charge in [-0.05, 0) is 45.0 Å². The summed E-state index contributed by atoms with van der Waals surface area (Å²) in [7, 11) is 4.03. The molecule has 0 saturated carbocycles. The van der Waals surface area contributed by atoms with Crippen LogP contribution in [0.2, 0.25) is 0 Å². The second-order valence-electron chi connectivity index (χ2n) is 7.31. The molecule has 0 aromatic carbocycles. The van der Waals surface area contributed by atoms with Crippen LogP contribution in [0.15, 0.2) is 18.6 Å². The van der Waals surface area contributed by atoms with Crippen LogP contribution in [0.4, 0.5) is 0 Å². The number of likely N-dealkylation sites (tertiary alicyclic amines) is 1. The third-order valence-corrected chi connectivity index (χ3v) is 4.82. The number of rotatable bonds is 4. The van der Waals surface area contributed by atoms with Crippen LogP contribution in [-0.2, 0) is 6.54 Å². The van der Waals surface area contributed by atoms with Crippen molar-refractivity contribution in [3.05, 3.63) is 24.2 Å². The van der Waals surface area contributed by atoms with E-state index in [-0.39, 0.29) is 5.91 Å². The third-order valence-electron chi connectivity index (χ3n) is 4.82. The standard InChI is InChI=1S/C18H27N5O/c1-13(2)11-23-12-20-16-9-14(10-19-17(16)23)18(24)22(4)15-5-7-21(3)8-6-15/h9-10,12-13,15H,5-8,11H2,1-4H3. The van der Waals surface area contributed by atoms with E-state index in [2.05, 4.69) is 40.3 Å². The van der Waals surface area contributed by atoms with Gasteiger partial charge < -0.3 is 14.4 Å². The van der Waals surface area contributed by atoms with Gasteiger partial charge in [0.2, 0.25) is 0 Å². The van der Waals surface area contributed by atoms with Crippen molar-refractivity contribution in [3.63, 3.8) is 0 Å². The molecule has 0 bridgehead atoms. The van der Waals surface area contributed by atoms with Crippen molar-refractivity contribution in [1.29, 1.82) is 0 Å². The first kappa shape index (κ1) is 16.9. The topological polar surface area (TPSA) is 54.3 Å². The maximum absolute atomic E-state index is 12.8. The number of carbonyl (C=O) groups is 1. The fourth-order valence-electron chi connectivity index (χ4n) is 3.34. The van der Waals surface area contributed by atoms with Crippen LogP contribution in [0.25, 0.3) is 11.2 Å². The highest BCUT2D eigenvalue weighted by Gasteiger charge is 2.25. The van der Waals surface area contributed by atoms with Crippen LogP contribution in [0, 0.1) is 5.92 Å². The van der Waals surface area contributed by atoms with Crippen LogP contribution in [0.5, 0.6) is 0 Å². The lowest BCUT2D eigenvalue weighted by Crippen LogP contribution is -2.44. The predicted molar refractivity (Wildman–Crippen MR) is 95.0 cm³/mol. The van der Waals surface area contributed by atoms with Gasteiger partial charge >= 0.3 is 0 Å². The van der Waals surface area contributed by atoms with E-state index in [1.807, 2.05) is 24.3 Å². The number of fused-ring (bicyclic) bond motifs is 1. The van der Waals surface area contributed by atoms with Crippen molar-refractivity contribution in [2.45, 2.75) is 39.3 Å². The molecule has 0 spiro atoms. The molecule has 3 heterocycles. The summed E-state index contributed by atoms with van der Waals surface area (Å²) in [5.41, 5.74) is 2.26. The van der Waals surface area contributed by atoms with E-state index in [0.717, 1.165) is 43.6 Å². The number of pyridine rings is 1. The maximum atomic E-state index is 12.8. The minimum atomic E-state index is 0.0392. The number of hydrogen-bond acceptors (Lipinski definition) is 4. The van der Waals surface area contributed by atoms with E-state index in [0.29, 0.717) is 17.5 Å². The summed E-state index contributed by atoms with van der Waals surface area (Å²) in [4.78, 5) is 25.9. The Bertz CT molecular complexity index is 715. The quantitative estimate of drug-likeness (QED) is 0.863. The molecule has 6 heteroatoms. The number of aromatic nitrogens is 3. The number of amides is 1. The minimum Gasteiger partial charge on any atom is -0.339 e. The van der Waals surface area contributed by atoms with Gasteiger partial charge in [0.15, 0.2) is 5.65 Å². The number of piperidine rings is 1. The molecule has 2 aromatic heterocycles. The Kier molecular flexibility index (Phi) is 4.85. The molecular formula is C18H27N5O. The number of carbonyl (C=O) groups excluding carboxylic acids is 1.